The molecule has 2 heterocycles. The van der Waals surface area contributed by atoms with Crippen LogP contribution in [0.25, 0.3) is 0 Å². The second-order valence-corrected chi connectivity index (χ2v) is 3.74. The molecule has 2 aromatic heterocycles. The van der Waals surface area contributed by atoms with Gasteiger partial charge in [-0.2, -0.15) is 4.39 Å². The normalized spacial score (nSPS) is 10.2. The monoisotopic (exact) mass is 223 g/mol. The molecule has 0 bridgehead atoms. The molecule has 0 fully saturated rings. The minimum atomic E-state index is -0.464. The van der Waals surface area contributed by atoms with E-state index >= 15 is 0 Å². The first-order chi connectivity index (χ1) is 7.34. The number of nitrogens with zero attached hydrogens (tertiary/aromatic N) is 2. The molecule has 15 heavy (non-hydrogen) atoms. The summed E-state index contributed by atoms with van der Waals surface area (Å²) in [6.07, 6.45) is 2.29. The van der Waals surface area contributed by atoms with Crippen LogP contribution >= 0.6 is 11.3 Å². The minimum absolute atomic E-state index is 0.464. The molecule has 5 heteroatoms. The van der Waals surface area contributed by atoms with Crippen molar-refractivity contribution < 1.29 is 4.39 Å². The molecule has 1 N–H and O–H groups in total. The molecule has 2 aromatic rings. The van der Waals surface area contributed by atoms with E-state index in [2.05, 4.69) is 15.3 Å². The van der Waals surface area contributed by atoms with E-state index in [1.807, 2.05) is 5.38 Å². The van der Waals surface area contributed by atoms with Gasteiger partial charge in [0, 0.05) is 36.3 Å². The Hall–Kier alpha value is -1.49. The maximum absolute atomic E-state index is 12.7. The third kappa shape index (κ3) is 2.99. The Bertz CT molecular complexity index is 416. The molecule has 0 unspecified atom stereocenters. The minimum Gasteiger partial charge on any atom is -0.384 e. The highest BCUT2D eigenvalue weighted by atomic mass is 32.1. The zero-order valence-electron chi connectivity index (χ0n) is 7.98. The van der Waals surface area contributed by atoms with Crippen LogP contribution in [0.15, 0.2) is 29.2 Å². The van der Waals surface area contributed by atoms with Crippen LogP contribution in [0.2, 0.25) is 0 Å². The average molecular weight is 223 g/mol. The molecule has 0 aliphatic carbocycles. The van der Waals surface area contributed by atoms with Crippen molar-refractivity contribution in [2.24, 2.45) is 0 Å². The van der Waals surface area contributed by atoms with Crippen LogP contribution in [0, 0.1) is 5.95 Å². The van der Waals surface area contributed by atoms with Crippen molar-refractivity contribution in [3.05, 3.63) is 40.9 Å². The van der Waals surface area contributed by atoms with Gasteiger partial charge >= 0.3 is 0 Å². The number of pyridine rings is 1. The topological polar surface area (TPSA) is 37.8 Å². The molecular formula is C10H10FN3S. The van der Waals surface area contributed by atoms with Crippen LogP contribution in [-0.4, -0.2) is 16.5 Å². The van der Waals surface area contributed by atoms with E-state index in [1.54, 1.807) is 22.9 Å². The summed E-state index contributed by atoms with van der Waals surface area (Å²) in [5.74, 6) is -0.464. The van der Waals surface area contributed by atoms with Crippen LogP contribution in [0.4, 0.5) is 10.1 Å². The number of rotatable bonds is 4. The highest BCUT2D eigenvalue weighted by Gasteiger charge is 1.97. The van der Waals surface area contributed by atoms with Crippen LogP contribution in [0.3, 0.4) is 0 Å². The van der Waals surface area contributed by atoms with Gasteiger partial charge in [-0.15, -0.1) is 11.3 Å². The quantitative estimate of drug-likeness (QED) is 0.808. The first-order valence-electron chi connectivity index (χ1n) is 4.57. The Morgan fingerprint density at radius 2 is 2.33 bits per heavy atom. The van der Waals surface area contributed by atoms with Crippen molar-refractivity contribution >= 4 is 17.0 Å². The Balaban J connectivity index is 1.83. The van der Waals surface area contributed by atoms with Gasteiger partial charge in [0.05, 0.1) is 11.2 Å². The Morgan fingerprint density at radius 3 is 3.07 bits per heavy atom. The Labute approximate surface area is 91.0 Å². The third-order valence-corrected chi connectivity index (χ3v) is 2.56. The number of hydrogen-bond donors (Lipinski definition) is 1. The summed E-state index contributed by atoms with van der Waals surface area (Å²) in [6.45, 7) is 0.743. The molecule has 0 spiro atoms. The summed E-state index contributed by atoms with van der Waals surface area (Å²) in [5.41, 5.74) is 3.61. The maximum Gasteiger partial charge on any atom is 0.214 e. The van der Waals surface area contributed by atoms with Crippen molar-refractivity contribution in [3.63, 3.8) is 0 Å². The van der Waals surface area contributed by atoms with Crippen LogP contribution in [-0.2, 0) is 6.42 Å². The molecule has 0 saturated carbocycles. The lowest BCUT2D eigenvalue weighted by Crippen LogP contribution is -2.05. The fraction of sp³-hybridized carbons (Fsp3) is 0.200. The number of halogens is 1. The van der Waals surface area contributed by atoms with Gasteiger partial charge in [0.25, 0.3) is 0 Å². The number of aromatic nitrogens is 2. The lowest BCUT2D eigenvalue weighted by Gasteiger charge is -2.04. The standard InChI is InChI=1S/C10H10FN3S/c11-10-5-8(1-4-13-10)12-3-2-9-6-15-7-14-9/h1,4-7H,2-3H2,(H,12,13). The molecule has 0 radical (unpaired) electrons. The van der Waals surface area contributed by atoms with Crippen molar-refractivity contribution in [2.75, 3.05) is 11.9 Å². The smallest absolute Gasteiger partial charge is 0.214 e. The highest BCUT2D eigenvalue weighted by Crippen LogP contribution is 2.07. The summed E-state index contributed by atoms with van der Waals surface area (Å²) in [4.78, 5) is 7.64. The van der Waals surface area contributed by atoms with Crippen molar-refractivity contribution in [1.29, 1.82) is 0 Å². The fourth-order valence-electron chi connectivity index (χ4n) is 1.21. The lowest BCUT2D eigenvalue weighted by molar-refractivity contribution is 0.584. The first kappa shape index (κ1) is 10.0. The van der Waals surface area contributed by atoms with Gasteiger partial charge in [-0.3, -0.25) is 0 Å². The SMILES string of the molecule is Fc1cc(NCCc2cscn2)ccn1. The Morgan fingerprint density at radius 1 is 1.40 bits per heavy atom. The van der Waals surface area contributed by atoms with E-state index in [1.165, 1.54) is 12.3 Å². The summed E-state index contributed by atoms with van der Waals surface area (Å²) in [7, 11) is 0. The van der Waals surface area contributed by atoms with E-state index in [4.69, 9.17) is 0 Å². The second kappa shape index (κ2) is 4.84. The zero-order chi connectivity index (χ0) is 10.5. The predicted octanol–water partition coefficient (Wildman–Crippen LogP) is 2.33. The van der Waals surface area contributed by atoms with Crippen LogP contribution in [0.1, 0.15) is 5.69 Å². The molecule has 0 amide bonds. The molecule has 2 rings (SSSR count). The molecule has 3 nitrogen and oxygen atoms in total. The molecule has 0 saturated heterocycles. The number of anilines is 1. The number of nitrogens with one attached hydrogen (secondary N) is 1. The Kier molecular flexibility index (Phi) is 3.24. The number of hydrogen-bond acceptors (Lipinski definition) is 4. The van der Waals surface area contributed by atoms with Gasteiger partial charge in [-0.25, -0.2) is 9.97 Å². The van der Waals surface area contributed by atoms with Crippen molar-refractivity contribution in [3.8, 4) is 0 Å². The molecule has 0 aromatic carbocycles. The summed E-state index contributed by atoms with van der Waals surface area (Å²) < 4.78 is 12.7. The first-order valence-corrected chi connectivity index (χ1v) is 5.51. The molecule has 78 valence electrons. The maximum atomic E-state index is 12.7. The highest BCUT2D eigenvalue weighted by molar-refractivity contribution is 7.07. The van der Waals surface area contributed by atoms with E-state index < -0.39 is 5.95 Å². The van der Waals surface area contributed by atoms with E-state index in [0.29, 0.717) is 0 Å². The van der Waals surface area contributed by atoms with Gasteiger partial charge in [0.15, 0.2) is 0 Å². The average Bonchev–Trinajstić information content (AvgIpc) is 2.71. The molecular weight excluding hydrogens is 213 g/mol. The number of thiazole rings is 1. The lowest BCUT2D eigenvalue weighted by atomic mass is 10.3. The van der Waals surface area contributed by atoms with E-state index in [9.17, 15) is 4.39 Å². The second-order valence-electron chi connectivity index (χ2n) is 3.02. The molecule has 0 atom stereocenters. The third-order valence-electron chi connectivity index (χ3n) is 1.92. The van der Waals surface area contributed by atoms with Gasteiger partial charge in [-0.05, 0) is 6.07 Å². The van der Waals surface area contributed by atoms with Crippen LogP contribution in [0.5, 0.6) is 0 Å². The summed E-state index contributed by atoms with van der Waals surface area (Å²) >= 11 is 1.58. The summed E-state index contributed by atoms with van der Waals surface area (Å²) in [5, 5.41) is 5.12. The molecule has 0 aliphatic rings. The predicted molar refractivity (Wildman–Crippen MR) is 58.5 cm³/mol. The molecule has 0 aliphatic heterocycles. The zero-order valence-corrected chi connectivity index (χ0v) is 8.80. The van der Waals surface area contributed by atoms with Gasteiger partial charge in [0.1, 0.15) is 0 Å². The van der Waals surface area contributed by atoms with E-state index in [-0.39, 0.29) is 0 Å². The van der Waals surface area contributed by atoms with Gasteiger partial charge < -0.3 is 5.32 Å². The summed E-state index contributed by atoms with van der Waals surface area (Å²) in [6, 6.07) is 3.12. The van der Waals surface area contributed by atoms with Gasteiger partial charge in [-0.1, -0.05) is 0 Å². The van der Waals surface area contributed by atoms with Crippen LogP contribution < -0.4 is 5.32 Å². The van der Waals surface area contributed by atoms with Crippen molar-refractivity contribution in [1.82, 2.24) is 9.97 Å². The largest absolute Gasteiger partial charge is 0.384 e. The fourth-order valence-corrected chi connectivity index (χ4v) is 1.80. The van der Waals surface area contributed by atoms with Crippen molar-refractivity contribution in [2.45, 2.75) is 6.42 Å². The van der Waals surface area contributed by atoms with E-state index in [0.717, 1.165) is 24.3 Å². The van der Waals surface area contributed by atoms with Gasteiger partial charge in [0.2, 0.25) is 5.95 Å².